The van der Waals surface area contributed by atoms with E-state index in [4.69, 9.17) is 18.9 Å². The smallest absolute Gasteiger partial charge is 0.343 e. The van der Waals surface area contributed by atoms with E-state index in [0.29, 0.717) is 0 Å². The number of hydrogen-bond donors (Lipinski definition) is 4. The van der Waals surface area contributed by atoms with Crippen LogP contribution in [0.4, 0.5) is 0 Å². The van der Waals surface area contributed by atoms with Crippen molar-refractivity contribution in [3.63, 3.8) is 0 Å². The Balaban J connectivity index is 1.75. The molecule has 12 atom stereocenters. The van der Waals surface area contributed by atoms with Gasteiger partial charge in [0.1, 0.15) is 12.2 Å². The van der Waals surface area contributed by atoms with Crippen molar-refractivity contribution in [1.29, 1.82) is 0 Å². The summed E-state index contributed by atoms with van der Waals surface area (Å²) in [6.45, 7) is 6.63. The largest absolute Gasteiger partial charge is 0.456 e. The van der Waals surface area contributed by atoms with E-state index in [-0.39, 0.29) is 0 Å². The quantitative estimate of drug-likeness (QED) is 0.234. The van der Waals surface area contributed by atoms with Gasteiger partial charge in [0.25, 0.3) is 0 Å². The number of carbonyl (C=O) groups excluding carboxylic acids is 3. The minimum Gasteiger partial charge on any atom is -0.456 e. The lowest BCUT2D eigenvalue weighted by Crippen LogP contribution is -2.67. The first-order valence-corrected chi connectivity index (χ1v) is 10.3. The second-order valence-electron chi connectivity index (χ2n) is 10.8. The lowest BCUT2D eigenvalue weighted by Gasteiger charge is -2.47. The summed E-state index contributed by atoms with van der Waals surface area (Å²) in [5, 5.41) is 46.1. The van der Waals surface area contributed by atoms with Crippen LogP contribution in [0.2, 0.25) is 0 Å². The zero-order valence-electron chi connectivity index (χ0n) is 17.3. The molecule has 6 fully saturated rings. The van der Waals surface area contributed by atoms with Crippen LogP contribution in [0.1, 0.15) is 27.7 Å². The molecular weight excluding hydrogens is 416 g/mol. The first kappa shape index (κ1) is 19.9. The van der Waals surface area contributed by atoms with Crippen molar-refractivity contribution in [2.75, 3.05) is 0 Å². The van der Waals surface area contributed by atoms with Gasteiger partial charge in [-0.2, -0.15) is 0 Å². The molecule has 0 amide bonds. The summed E-state index contributed by atoms with van der Waals surface area (Å²) in [6.07, 6.45) is -9.69. The van der Waals surface area contributed by atoms with Crippen molar-refractivity contribution < 1.29 is 53.8 Å². The van der Waals surface area contributed by atoms with E-state index in [9.17, 15) is 34.8 Å². The van der Waals surface area contributed by atoms with Crippen LogP contribution in [-0.4, -0.2) is 86.3 Å². The van der Waals surface area contributed by atoms with E-state index >= 15 is 0 Å². The molecule has 11 nitrogen and oxygen atoms in total. The third-order valence-corrected chi connectivity index (χ3v) is 8.95. The first-order valence-electron chi connectivity index (χ1n) is 10.3. The van der Waals surface area contributed by atoms with Crippen molar-refractivity contribution in [1.82, 2.24) is 0 Å². The Hall–Kier alpha value is -1.79. The molecule has 0 aromatic carbocycles. The Morgan fingerprint density at radius 2 is 1.58 bits per heavy atom. The van der Waals surface area contributed by atoms with Gasteiger partial charge >= 0.3 is 17.9 Å². The van der Waals surface area contributed by atoms with Crippen molar-refractivity contribution in [3.05, 3.63) is 0 Å². The van der Waals surface area contributed by atoms with Gasteiger partial charge in [-0.25, -0.2) is 9.59 Å². The second kappa shape index (κ2) is 4.91. The lowest BCUT2D eigenvalue weighted by molar-refractivity contribution is -0.240. The fourth-order valence-electron chi connectivity index (χ4n) is 8.27. The average Bonchev–Trinajstić information content (AvgIpc) is 3.35. The topological polar surface area (TPSA) is 169 Å². The van der Waals surface area contributed by atoms with Gasteiger partial charge in [-0.15, -0.1) is 0 Å². The van der Waals surface area contributed by atoms with Crippen molar-refractivity contribution >= 4 is 17.9 Å². The Morgan fingerprint density at radius 3 is 2.19 bits per heavy atom. The number of aliphatic hydroxyl groups is 4. The van der Waals surface area contributed by atoms with Gasteiger partial charge in [-0.05, 0) is 12.3 Å². The van der Waals surface area contributed by atoms with Gasteiger partial charge in [0.15, 0.2) is 17.8 Å². The summed E-state index contributed by atoms with van der Waals surface area (Å²) in [4.78, 5) is 38.3. The summed E-state index contributed by atoms with van der Waals surface area (Å²) < 4.78 is 22.2. The Bertz CT molecular complexity index is 957. The van der Waals surface area contributed by atoms with Crippen LogP contribution < -0.4 is 0 Å². The first-order chi connectivity index (χ1) is 14.3. The van der Waals surface area contributed by atoms with Gasteiger partial charge in [-0.1, -0.05) is 20.8 Å². The molecule has 2 spiro atoms. The van der Waals surface area contributed by atoms with Crippen molar-refractivity contribution in [3.8, 4) is 0 Å². The van der Waals surface area contributed by atoms with Crippen LogP contribution in [0, 0.1) is 28.1 Å². The fraction of sp³-hybridized carbons (Fsp3) is 0.850. The highest BCUT2D eigenvalue weighted by Gasteiger charge is 3.05. The van der Waals surface area contributed by atoms with E-state index in [1.165, 1.54) is 6.92 Å². The molecule has 2 aliphatic carbocycles. The SMILES string of the molecule is C[C@@H]1C(=O)O[C@H]2[C@H](O)[C@@]34[C@@H]5OC(=O)[C@@]3(O[C@@H]3OC(=O)[C@H](O)[C@@]34[C@H](C(C)(C)C)[C@H]5O)[C@@]12O. The number of rotatable bonds is 0. The molecule has 4 saturated heterocycles. The maximum atomic E-state index is 13.4. The number of fused-ring (bicyclic) bond motifs is 1. The van der Waals surface area contributed by atoms with Crippen LogP contribution in [0.25, 0.3) is 0 Å². The molecule has 0 radical (unpaired) electrons. The summed E-state index contributed by atoms with van der Waals surface area (Å²) in [5.74, 6) is -5.22. The van der Waals surface area contributed by atoms with E-state index in [2.05, 4.69) is 0 Å². The minimum atomic E-state index is -2.40. The molecule has 6 aliphatic rings. The Kier molecular flexibility index (Phi) is 3.15. The van der Waals surface area contributed by atoms with Crippen molar-refractivity contribution in [2.45, 2.75) is 75.7 Å². The summed E-state index contributed by atoms with van der Waals surface area (Å²) in [5.41, 5.74) is -9.40. The molecule has 11 heteroatoms. The molecule has 0 aromatic rings. The number of esters is 3. The third kappa shape index (κ3) is 1.43. The second-order valence-corrected chi connectivity index (χ2v) is 10.8. The number of carbonyl (C=O) groups is 3. The zero-order valence-corrected chi connectivity index (χ0v) is 17.3. The van der Waals surface area contributed by atoms with Gasteiger partial charge in [0, 0.05) is 5.92 Å². The number of aliphatic hydroxyl groups excluding tert-OH is 3. The highest BCUT2D eigenvalue weighted by molar-refractivity contribution is 5.94. The van der Waals surface area contributed by atoms with Crippen LogP contribution in [0.15, 0.2) is 0 Å². The van der Waals surface area contributed by atoms with Crippen LogP contribution in [0.5, 0.6) is 0 Å². The van der Waals surface area contributed by atoms with Gasteiger partial charge in [-0.3, -0.25) is 4.79 Å². The van der Waals surface area contributed by atoms with Crippen molar-refractivity contribution in [2.24, 2.45) is 28.1 Å². The number of hydrogen-bond acceptors (Lipinski definition) is 11. The zero-order chi connectivity index (χ0) is 22.7. The highest BCUT2D eigenvalue weighted by Crippen LogP contribution is 2.84. The molecule has 0 unspecified atom stereocenters. The Morgan fingerprint density at radius 1 is 0.935 bits per heavy atom. The molecule has 4 aliphatic heterocycles. The molecule has 4 heterocycles. The van der Waals surface area contributed by atoms with E-state index in [1.807, 2.05) is 0 Å². The molecule has 2 saturated carbocycles. The van der Waals surface area contributed by atoms with Gasteiger partial charge < -0.3 is 39.4 Å². The predicted octanol–water partition coefficient (Wildman–Crippen LogP) is -2.40. The molecule has 0 bridgehead atoms. The molecule has 31 heavy (non-hydrogen) atoms. The number of ether oxygens (including phenoxy) is 4. The monoisotopic (exact) mass is 440 g/mol. The Labute approximate surface area is 176 Å². The van der Waals surface area contributed by atoms with Gasteiger partial charge in [0.2, 0.25) is 11.9 Å². The molecule has 6 rings (SSSR count). The normalized spacial score (nSPS) is 61.0. The van der Waals surface area contributed by atoms with E-state index < -0.39 is 94.0 Å². The van der Waals surface area contributed by atoms with E-state index in [1.54, 1.807) is 20.8 Å². The predicted molar refractivity (Wildman–Crippen MR) is 93.4 cm³/mol. The van der Waals surface area contributed by atoms with Crippen LogP contribution in [0.3, 0.4) is 0 Å². The molecular formula is C20H24O11. The third-order valence-electron chi connectivity index (χ3n) is 8.95. The lowest BCUT2D eigenvalue weighted by atomic mass is 9.51. The molecule has 4 N–H and O–H groups in total. The summed E-state index contributed by atoms with van der Waals surface area (Å²) in [6, 6.07) is 0. The highest BCUT2D eigenvalue weighted by atomic mass is 16.8. The summed E-state index contributed by atoms with van der Waals surface area (Å²) >= 11 is 0. The average molecular weight is 440 g/mol. The maximum Gasteiger partial charge on any atom is 0.343 e. The van der Waals surface area contributed by atoms with Crippen LogP contribution in [-0.2, 0) is 33.3 Å². The molecule has 0 aromatic heterocycles. The maximum absolute atomic E-state index is 13.4. The van der Waals surface area contributed by atoms with E-state index in [0.717, 1.165) is 0 Å². The fourth-order valence-corrected chi connectivity index (χ4v) is 8.27. The van der Waals surface area contributed by atoms with Gasteiger partial charge in [0.05, 0.1) is 22.9 Å². The molecule has 170 valence electrons. The summed E-state index contributed by atoms with van der Waals surface area (Å²) in [7, 11) is 0. The standard InChI is InChI=1S/C20H24O11/c1-5-12(24)28-11-8(22)18-10-6(21)7(16(2,3)4)17(18)9(23)13(25)30-15(17)31-20(18,14(26)29-10)19(5,11)27/h5-11,15,21-23,27H,1-4H3/t5-,6-,7+,8+,9+,10-,11+,15+,17+,18+,19-,20+/m1/s1. The van der Waals surface area contributed by atoms with Crippen LogP contribution >= 0.6 is 0 Å². The minimum absolute atomic E-state index is 0.792.